The lowest BCUT2D eigenvalue weighted by atomic mass is 10.1. The molecule has 0 radical (unpaired) electrons. The van der Waals surface area contributed by atoms with Gasteiger partial charge in [-0.2, -0.15) is 0 Å². The highest BCUT2D eigenvalue weighted by atomic mass is 35.5. The molecule has 7 nitrogen and oxygen atoms in total. The number of rotatable bonds is 7. The average molecular weight is 448 g/mol. The zero-order chi connectivity index (χ0) is 21.8. The molecule has 2 amide bonds. The number of anilines is 1. The van der Waals surface area contributed by atoms with Crippen molar-refractivity contribution in [2.45, 2.75) is 19.0 Å². The number of hydrogen-bond donors (Lipinski definition) is 1. The van der Waals surface area contributed by atoms with Crippen LogP contribution in [0.15, 0.2) is 42.5 Å². The third-order valence-electron chi connectivity index (χ3n) is 4.83. The predicted molar refractivity (Wildman–Crippen MR) is 119 cm³/mol. The van der Waals surface area contributed by atoms with Crippen LogP contribution in [0.5, 0.6) is 11.5 Å². The molecule has 2 aromatic carbocycles. The largest absolute Gasteiger partial charge is 0.493 e. The van der Waals surface area contributed by atoms with Crippen molar-refractivity contribution < 1.29 is 19.1 Å². The number of carbonyl (C=O) groups is 2. The Morgan fingerprint density at radius 3 is 2.43 bits per heavy atom. The van der Waals surface area contributed by atoms with Gasteiger partial charge in [0.05, 0.1) is 20.6 Å². The Bertz CT molecular complexity index is 967. The lowest BCUT2D eigenvalue weighted by Gasteiger charge is -2.24. The molecule has 0 spiro atoms. The number of benzene rings is 2. The topological polar surface area (TPSA) is 71.1 Å². The fourth-order valence-electron chi connectivity index (χ4n) is 3.25. The van der Waals surface area contributed by atoms with Crippen LogP contribution in [-0.4, -0.2) is 54.0 Å². The molecule has 3 rings (SSSR count). The van der Waals surface area contributed by atoms with E-state index in [4.69, 9.17) is 33.3 Å². The van der Waals surface area contributed by atoms with Crippen LogP contribution in [-0.2, 0) is 16.1 Å². The summed E-state index contributed by atoms with van der Waals surface area (Å²) >= 11 is 11.3. The first-order valence-electron chi connectivity index (χ1n) is 9.18. The highest BCUT2D eigenvalue weighted by Gasteiger charge is 2.41. The molecular formula is C21H22ClN3O4S. The Morgan fingerprint density at radius 1 is 1.13 bits per heavy atom. The summed E-state index contributed by atoms with van der Waals surface area (Å²) < 4.78 is 10.6. The molecule has 1 aliphatic heterocycles. The second kappa shape index (κ2) is 9.32. The molecule has 9 heteroatoms. The van der Waals surface area contributed by atoms with E-state index in [1.54, 1.807) is 56.5 Å². The number of amides is 2. The van der Waals surface area contributed by atoms with E-state index in [1.807, 2.05) is 12.1 Å². The number of nitrogens with zero attached hydrogens (tertiary/aromatic N) is 2. The molecule has 1 saturated heterocycles. The minimum atomic E-state index is -0.692. The van der Waals surface area contributed by atoms with Crippen molar-refractivity contribution in [2.75, 3.05) is 26.6 Å². The molecule has 30 heavy (non-hydrogen) atoms. The van der Waals surface area contributed by atoms with Gasteiger partial charge < -0.3 is 19.7 Å². The van der Waals surface area contributed by atoms with Gasteiger partial charge in [-0.1, -0.05) is 17.7 Å². The number of hydrogen-bond acceptors (Lipinski definition) is 5. The minimum Gasteiger partial charge on any atom is -0.493 e. The summed E-state index contributed by atoms with van der Waals surface area (Å²) in [6.07, 6.45) is -0.0285. The Kier molecular flexibility index (Phi) is 6.79. The molecule has 1 fully saturated rings. The van der Waals surface area contributed by atoms with Gasteiger partial charge in [-0.05, 0) is 54.2 Å². The lowest BCUT2D eigenvalue weighted by molar-refractivity contribution is -0.130. The predicted octanol–water partition coefficient (Wildman–Crippen LogP) is 3.31. The molecule has 1 heterocycles. The molecule has 1 atom stereocenters. The van der Waals surface area contributed by atoms with Gasteiger partial charge in [0.2, 0.25) is 5.91 Å². The van der Waals surface area contributed by atoms with Gasteiger partial charge >= 0.3 is 0 Å². The number of thiocarbonyl (C=S) groups is 1. The second-order valence-corrected chi connectivity index (χ2v) is 7.57. The first-order chi connectivity index (χ1) is 14.3. The number of methoxy groups -OCH3 is 2. The molecule has 1 N–H and O–H groups in total. The van der Waals surface area contributed by atoms with E-state index in [-0.39, 0.29) is 18.2 Å². The van der Waals surface area contributed by atoms with Crippen LogP contribution in [0, 0.1) is 0 Å². The molecule has 2 aromatic rings. The third kappa shape index (κ3) is 4.66. The standard InChI is InChI=1S/C21H22ClN3O4S/c1-24-20(27)16(11-19(26)23-15-7-5-14(22)6-8-15)25(21(24)30)12-13-4-9-17(28-2)18(10-13)29-3/h4-10,16H,11-12H2,1-3H3,(H,23,26)/t16-/m0/s1. The number of ether oxygens (including phenoxy) is 2. The Morgan fingerprint density at radius 2 is 1.80 bits per heavy atom. The van der Waals surface area contributed by atoms with Crippen molar-refractivity contribution >= 4 is 46.4 Å². The van der Waals surface area contributed by atoms with E-state index >= 15 is 0 Å². The number of halogens is 1. The minimum absolute atomic E-state index is 0.0285. The van der Waals surface area contributed by atoms with Gasteiger partial charge in [0.1, 0.15) is 6.04 Å². The van der Waals surface area contributed by atoms with Gasteiger partial charge in [0.25, 0.3) is 5.91 Å². The van der Waals surface area contributed by atoms with Crippen molar-refractivity contribution in [3.63, 3.8) is 0 Å². The van der Waals surface area contributed by atoms with Gasteiger partial charge in [-0.25, -0.2) is 0 Å². The van der Waals surface area contributed by atoms with Crippen molar-refractivity contribution in [1.82, 2.24) is 9.80 Å². The summed E-state index contributed by atoms with van der Waals surface area (Å²) in [6.45, 7) is 0.355. The summed E-state index contributed by atoms with van der Waals surface area (Å²) in [6, 6.07) is 11.6. The monoisotopic (exact) mass is 447 g/mol. The second-order valence-electron chi connectivity index (χ2n) is 6.77. The molecular weight excluding hydrogens is 426 g/mol. The van der Waals surface area contributed by atoms with Crippen LogP contribution in [0.1, 0.15) is 12.0 Å². The SMILES string of the molecule is COc1ccc(CN2C(=S)N(C)C(=O)[C@@H]2CC(=O)Nc2ccc(Cl)cc2)cc1OC. The van der Waals surface area contributed by atoms with E-state index in [0.717, 1.165) is 5.56 Å². The summed E-state index contributed by atoms with van der Waals surface area (Å²) in [5, 5.41) is 3.74. The third-order valence-corrected chi connectivity index (χ3v) is 5.59. The number of carbonyl (C=O) groups excluding carboxylic acids is 2. The highest BCUT2D eigenvalue weighted by molar-refractivity contribution is 7.80. The van der Waals surface area contributed by atoms with Crippen LogP contribution < -0.4 is 14.8 Å². The normalized spacial score (nSPS) is 16.1. The fourth-order valence-corrected chi connectivity index (χ4v) is 3.66. The van der Waals surface area contributed by atoms with Crippen LogP contribution >= 0.6 is 23.8 Å². The summed E-state index contributed by atoms with van der Waals surface area (Å²) in [4.78, 5) is 28.4. The van der Waals surface area contributed by atoms with Gasteiger partial charge in [0.15, 0.2) is 16.6 Å². The average Bonchev–Trinajstić information content (AvgIpc) is 2.93. The molecule has 0 saturated carbocycles. The molecule has 0 aliphatic carbocycles. The maximum absolute atomic E-state index is 12.7. The molecule has 1 aliphatic rings. The Hall–Kier alpha value is -2.84. The zero-order valence-corrected chi connectivity index (χ0v) is 18.4. The number of nitrogens with one attached hydrogen (secondary N) is 1. The Balaban J connectivity index is 1.76. The van der Waals surface area contributed by atoms with E-state index < -0.39 is 6.04 Å². The smallest absolute Gasteiger partial charge is 0.251 e. The Labute approximate surface area is 185 Å². The van der Waals surface area contributed by atoms with E-state index in [1.165, 1.54) is 4.90 Å². The van der Waals surface area contributed by atoms with Crippen LogP contribution in [0.3, 0.4) is 0 Å². The summed E-state index contributed by atoms with van der Waals surface area (Å²) in [5.74, 6) is 0.687. The number of likely N-dealkylation sites (N-methyl/N-ethyl adjacent to an activating group) is 1. The van der Waals surface area contributed by atoms with Gasteiger partial charge in [-0.3, -0.25) is 14.5 Å². The van der Waals surface area contributed by atoms with E-state index in [0.29, 0.717) is 33.9 Å². The van der Waals surface area contributed by atoms with Gasteiger partial charge in [0, 0.05) is 24.3 Å². The molecule has 0 unspecified atom stereocenters. The first kappa shape index (κ1) is 21.9. The van der Waals surface area contributed by atoms with E-state index in [2.05, 4.69) is 5.32 Å². The van der Waals surface area contributed by atoms with Crippen LogP contribution in [0.2, 0.25) is 5.02 Å². The van der Waals surface area contributed by atoms with E-state index in [9.17, 15) is 9.59 Å². The quantitative estimate of drug-likeness (QED) is 0.656. The van der Waals surface area contributed by atoms with Crippen molar-refractivity contribution in [1.29, 1.82) is 0 Å². The molecule has 0 aromatic heterocycles. The van der Waals surface area contributed by atoms with Crippen molar-refractivity contribution in [3.8, 4) is 11.5 Å². The molecule has 158 valence electrons. The summed E-state index contributed by atoms with van der Waals surface area (Å²) in [7, 11) is 4.74. The lowest BCUT2D eigenvalue weighted by Crippen LogP contribution is -2.37. The zero-order valence-electron chi connectivity index (χ0n) is 16.8. The highest BCUT2D eigenvalue weighted by Crippen LogP contribution is 2.30. The van der Waals surface area contributed by atoms with Gasteiger partial charge in [-0.15, -0.1) is 0 Å². The van der Waals surface area contributed by atoms with Crippen LogP contribution in [0.4, 0.5) is 5.69 Å². The maximum atomic E-state index is 12.7. The summed E-state index contributed by atoms with van der Waals surface area (Å²) in [5.41, 5.74) is 1.48. The fraction of sp³-hybridized carbons (Fsp3) is 0.286. The molecule has 0 bridgehead atoms. The first-order valence-corrected chi connectivity index (χ1v) is 9.97. The van der Waals surface area contributed by atoms with Crippen molar-refractivity contribution in [2.24, 2.45) is 0 Å². The maximum Gasteiger partial charge on any atom is 0.251 e. The van der Waals surface area contributed by atoms with Crippen LogP contribution in [0.25, 0.3) is 0 Å². The van der Waals surface area contributed by atoms with Crippen molar-refractivity contribution in [3.05, 3.63) is 53.1 Å².